The van der Waals surface area contributed by atoms with E-state index in [2.05, 4.69) is 10.4 Å². The molecule has 19 heavy (non-hydrogen) atoms. The maximum absolute atomic E-state index is 13.1. The summed E-state index contributed by atoms with van der Waals surface area (Å²) in [6.45, 7) is 1.77. The smallest absolute Gasteiger partial charge is 0.274 e. The number of halogens is 1. The van der Waals surface area contributed by atoms with Gasteiger partial charge in [-0.05, 0) is 24.6 Å². The zero-order valence-electron chi connectivity index (χ0n) is 10.7. The Morgan fingerprint density at radius 2 is 2.26 bits per heavy atom. The number of aromatic nitrogens is 2. The second-order valence-electron chi connectivity index (χ2n) is 4.36. The van der Waals surface area contributed by atoms with E-state index in [0.717, 1.165) is 0 Å². The molecule has 0 radical (unpaired) electrons. The van der Waals surface area contributed by atoms with Crippen LogP contribution in [0.4, 0.5) is 10.1 Å². The van der Waals surface area contributed by atoms with Gasteiger partial charge in [0.2, 0.25) is 0 Å². The number of nitrogen functional groups attached to an aromatic ring is 1. The van der Waals surface area contributed by atoms with Gasteiger partial charge in [0.05, 0.1) is 11.7 Å². The van der Waals surface area contributed by atoms with Gasteiger partial charge in [-0.25, -0.2) is 4.39 Å². The molecule has 1 aromatic heterocycles. The molecule has 5 nitrogen and oxygen atoms in total. The molecule has 1 heterocycles. The minimum absolute atomic E-state index is 0.172. The van der Waals surface area contributed by atoms with E-state index < -0.39 is 0 Å². The second-order valence-corrected chi connectivity index (χ2v) is 4.36. The number of benzene rings is 1. The zero-order chi connectivity index (χ0) is 14.0. The largest absolute Gasteiger partial charge is 0.396 e. The molecule has 2 aromatic rings. The number of nitrogens with one attached hydrogen (secondary N) is 1. The van der Waals surface area contributed by atoms with E-state index >= 15 is 0 Å². The van der Waals surface area contributed by atoms with Gasteiger partial charge >= 0.3 is 0 Å². The standard InChI is InChI=1S/C13H15FN4O/c1-8(9-4-3-5-10(14)6-9)16-13(19)12-11(15)7-18(2)17-12/h3-8H,15H2,1-2H3,(H,16,19). The number of nitrogens with zero attached hydrogens (tertiary/aromatic N) is 2. The van der Waals surface area contributed by atoms with E-state index in [-0.39, 0.29) is 23.5 Å². The van der Waals surface area contributed by atoms with Gasteiger partial charge in [0.1, 0.15) is 5.82 Å². The molecule has 0 aliphatic heterocycles. The molecule has 3 N–H and O–H groups in total. The average Bonchev–Trinajstić information content (AvgIpc) is 2.68. The normalized spacial score (nSPS) is 12.2. The predicted octanol–water partition coefficient (Wildman–Crippen LogP) is 1.63. The molecule has 6 heteroatoms. The fourth-order valence-electron chi connectivity index (χ4n) is 1.81. The second kappa shape index (κ2) is 5.09. The molecule has 1 amide bonds. The van der Waals surface area contributed by atoms with Crippen LogP contribution in [0.5, 0.6) is 0 Å². The summed E-state index contributed by atoms with van der Waals surface area (Å²) >= 11 is 0. The van der Waals surface area contributed by atoms with Gasteiger partial charge < -0.3 is 11.1 Å². The highest BCUT2D eigenvalue weighted by molar-refractivity contribution is 5.97. The number of nitrogens with two attached hydrogens (primary N) is 1. The van der Waals surface area contributed by atoms with Crippen LogP contribution in [-0.4, -0.2) is 15.7 Å². The van der Waals surface area contributed by atoms with Crippen LogP contribution in [0.15, 0.2) is 30.5 Å². The first kappa shape index (κ1) is 13.1. The molecule has 0 spiro atoms. The van der Waals surface area contributed by atoms with Gasteiger partial charge in [-0.2, -0.15) is 5.10 Å². The van der Waals surface area contributed by atoms with Crippen molar-refractivity contribution in [3.63, 3.8) is 0 Å². The van der Waals surface area contributed by atoms with Gasteiger partial charge in [-0.3, -0.25) is 9.48 Å². The molecule has 0 aliphatic rings. The Balaban J connectivity index is 2.13. The van der Waals surface area contributed by atoms with Gasteiger partial charge in [0, 0.05) is 13.2 Å². The van der Waals surface area contributed by atoms with E-state index in [1.54, 1.807) is 32.3 Å². The van der Waals surface area contributed by atoms with Gasteiger partial charge in [0.15, 0.2) is 5.69 Å². The lowest BCUT2D eigenvalue weighted by molar-refractivity contribution is 0.0935. The van der Waals surface area contributed by atoms with Crippen LogP contribution in [0.1, 0.15) is 29.0 Å². The molecule has 100 valence electrons. The molecular weight excluding hydrogens is 247 g/mol. The van der Waals surface area contributed by atoms with Crippen LogP contribution >= 0.6 is 0 Å². The Kier molecular flexibility index (Phi) is 3.50. The van der Waals surface area contributed by atoms with Crippen molar-refractivity contribution in [2.24, 2.45) is 7.05 Å². The Labute approximate surface area is 110 Å². The van der Waals surface area contributed by atoms with Crippen LogP contribution in [0, 0.1) is 5.82 Å². The highest BCUT2D eigenvalue weighted by atomic mass is 19.1. The molecule has 1 aromatic carbocycles. The first-order chi connectivity index (χ1) is 8.97. The minimum atomic E-state index is -0.380. The average molecular weight is 262 g/mol. The van der Waals surface area contributed by atoms with Crippen molar-refractivity contribution in [3.05, 3.63) is 47.5 Å². The van der Waals surface area contributed by atoms with Gasteiger partial charge in [-0.15, -0.1) is 0 Å². The maximum atomic E-state index is 13.1. The third-order valence-electron chi connectivity index (χ3n) is 2.77. The highest BCUT2D eigenvalue weighted by Crippen LogP contribution is 2.15. The summed E-state index contributed by atoms with van der Waals surface area (Å²) in [5, 5.41) is 6.71. The lowest BCUT2D eigenvalue weighted by Crippen LogP contribution is -2.27. The SMILES string of the molecule is CC(NC(=O)c1nn(C)cc1N)c1cccc(F)c1. The minimum Gasteiger partial charge on any atom is -0.396 e. The summed E-state index contributed by atoms with van der Waals surface area (Å²) in [6, 6.07) is 5.75. The highest BCUT2D eigenvalue weighted by Gasteiger charge is 2.17. The quantitative estimate of drug-likeness (QED) is 0.883. The fourth-order valence-corrected chi connectivity index (χ4v) is 1.81. The summed E-state index contributed by atoms with van der Waals surface area (Å²) in [7, 11) is 1.68. The molecule has 0 aliphatic carbocycles. The van der Waals surface area contributed by atoms with Crippen molar-refractivity contribution in [2.45, 2.75) is 13.0 Å². The van der Waals surface area contributed by atoms with E-state index in [1.165, 1.54) is 16.8 Å². The number of hydrogen-bond acceptors (Lipinski definition) is 3. The number of carbonyl (C=O) groups excluding carboxylic acids is 1. The zero-order valence-corrected chi connectivity index (χ0v) is 10.7. The molecular formula is C13H15FN4O. The molecule has 2 rings (SSSR count). The van der Waals surface area contributed by atoms with Crippen molar-refractivity contribution in [1.29, 1.82) is 0 Å². The Morgan fingerprint density at radius 1 is 1.53 bits per heavy atom. The predicted molar refractivity (Wildman–Crippen MR) is 69.9 cm³/mol. The summed E-state index contributed by atoms with van der Waals surface area (Å²) in [4.78, 5) is 12.0. The third kappa shape index (κ3) is 2.90. The van der Waals surface area contributed by atoms with Crippen molar-refractivity contribution in [3.8, 4) is 0 Å². The summed E-state index contributed by atoms with van der Waals surface area (Å²) in [5.41, 5.74) is 6.84. The van der Waals surface area contributed by atoms with Crippen LogP contribution in [-0.2, 0) is 7.05 Å². The summed E-state index contributed by atoms with van der Waals surface area (Å²) in [5.74, 6) is -0.717. The number of hydrogen-bond donors (Lipinski definition) is 2. The number of carbonyl (C=O) groups is 1. The van der Waals surface area contributed by atoms with Gasteiger partial charge in [0.25, 0.3) is 5.91 Å². The monoisotopic (exact) mass is 262 g/mol. The van der Waals surface area contributed by atoms with Crippen LogP contribution in [0.25, 0.3) is 0 Å². The first-order valence-electron chi connectivity index (χ1n) is 5.83. The van der Waals surface area contributed by atoms with Crippen molar-refractivity contribution >= 4 is 11.6 Å². The van der Waals surface area contributed by atoms with E-state index in [4.69, 9.17) is 5.73 Å². The Bertz CT molecular complexity index is 608. The van der Waals surface area contributed by atoms with E-state index in [1.807, 2.05) is 0 Å². The Hall–Kier alpha value is -2.37. The van der Waals surface area contributed by atoms with E-state index in [0.29, 0.717) is 11.3 Å². The topological polar surface area (TPSA) is 72.9 Å². The van der Waals surface area contributed by atoms with Crippen molar-refractivity contribution in [1.82, 2.24) is 15.1 Å². The number of anilines is 1. The maximum Gasteiger partial charge on any atom is 0.274 e. The summed E-state index contributed by atoms with van der Waals surface area (Å²) < 4.78 is 14.6. The van der Waals surface area contributed by atoms with Crippen LogP contribution in [0.3, 0.4) is 0 Å². The molecule has 1 unspecified atom stereocenters. The third-order valence-corrected chi connectivity index (χ3v) is 2.77. The molecule has 1 atom stereocenters. The Morgan fingerprint density at radius 3 is 2.84 bits per heavy atom. The molecule has 0 fully saturated rings. The number of aryl methyl sites for hydroxylation is 1. The number of rotatable bonds is 3. The summed E-state index contributed by atoms with van der Waals surface area (Å²) in [6.07, 6.45) is 1.56. The number of amides is 1. The van der Waals surface area contributed by atoms with Crippen LogP contribution < -0.4 is 11.1 Å². The van der Waals surface area contributed by atoms with Gasteiger partial charge in [-0.1, -0.05) is 12.1 Å². The molecule has 0 bridgehead atoms. The van der Waals surface area contributed by atoms with E-state index in [9.17, 15) is 9.18 Å². The van der Waals surface area contributed by atoms with Crippen molar-refractivity contribution in [2.75, 3.05) is 5.73 Å². The lowest BCUT2D eigenvalue weighted by Gasteiger charge is -2.13. The van der Waals surface area contributed by atoms with Crippen LogP contribution in [0.2, 0.25) is 0 Å². The first-order valence-corrected chi connectivity index (χ1v) is 5.83. The van der Waals surface area contributed by atoms with Crippen molar-refractivity contribution < 1.29 is 9.18 Å². The molecule has 0 saturated heterocycles. The fraction of sp³-hybridized carbons (Fsp3) is 0.231. The lowest BCUT2D eigenvalue weighted by atomic mass is 10.1. The molecule has 0 saturated carbocycles.